The van der Waals surface area contributed by atoms with Gasteiger partial charge in [-0.15, -0.1) is 0 Å². The molecule has 3 heteroatoms. The van der Waals surface area contributed by atoms with Crippen molar-refractivity contribution in [3.63, 3.8) is 0 Å². The largest absolute Gasteiger partial charge is 0.325 e. The Hall–Kier alpha value is -0.990. The van der Waals surface area contributed by atoms with Crippen molar-refractivity contribution in [2.75, 3.05) is 13.1 Å². The minimum Gasteiger partial charge on any atom is -0.325 e. The van der Waals surface area contributed by atoms with Crippen molar-refractivity contribution >= 4 is 6.03 Å². The van der Waals surface area contributed by atoms with Crippen LogP contribution in [0, 0.1) is 11.8 Å². The number of piperidine rings is 1. The quantitative estimate of drug-likeness (QED) is 0.746. The molecule has 1 fully saturated rings. The van der Waals surface area contributed by atoms with Gasteiger partial charge < -0.3 is 10.2 Å². The van der Waals surface area contributed by atoms with E-state index >= 15 is 0 Å². The zero-order valence-corrected chi connectivity index (χ0v) is 9.99. The summed E-state index contributed by atoms with van der Waals surface area (Å²) in [6, 6.07) is 0.0406. The highest BCUT2D eigenvalue weighted by Crippen LogP contribution is 2.15. The molecule has 0 aromatic carbocycles. The fourth-order valence-electron chi connectivity index (χ4n) is 1.61. The molecule has 86 valence electrons. The van der Waals surface area contributed by atoms with Gasteiger partial charge in [-0.05, 0) is 24.7 Å². The summed E-state index contributed by atoms with van der Waals surface area (Å²) >= 11 is 0. The number of nitrogens with one attached hydrogen (secondary N) is 1. The molecule has 1 saturated heterocycles. The van der Waals surface area contributed by atoms with Crippen LogP contribution in [0.3, 0.4) is 0 Å². The second-order valence-corrected chi connectivity index (χ2v) is 4.72. The van der Waals surface area contributed by atoms with Gasteiger partial charge in [0.15, 0.2) is 0 Å². The van der Waals surface area contributed by atoms with Crippen LogP contribution in [0.4, 0.5) is 4.79 Å². The van der Waals surface area contributed by atoms with Gasteiger partial charge in [0.25, 0.3) is 0 Å². The monoisotopic (exact) mass is 210 g/mol. The molecule has 0 spiro atoms. The molecule has 0 aromatic heterocycles. The Balaban J connectivity index is 2.28. The molecule has 2 amide bonds. The summed E-state index contributed by atoms with van der Waals surface area (Å²) in [6.07, 6.45) is 6.00. The Morgan fingerprint density at radius 3 is 2.53 bits per heavy atom. The lowest BCUT2D eigenvalue weighted by Crippen LogP contribution is -2.42. The lowest BCUT2D eigenvalue weighted by atomic mass is 10.00. The Labute approximate surface area is 92.5 Å². The first-order chi connectivity index (χ1) is 7.09. The van der Waals surface area contributed by atoms with Gasteiger partial charge in [0.2, 0.25) is 0 Å². The normalized spacial score (nSPS) is 18.8. The number of likely N-dealkylation sites (tertiary alicyclic amines) is 1. The highest BCUT2D eigenvalue weighted by molar-refractivity contribution is 5.75. The van der Waals surface area contributed by atoms with Crippen LogP contribution in [-0.4, -0.2) is 24.0 Å². The van der Waals surface area contributed by atoms with Crippen molar-refractivity contribution in [1.29, 1.82) is 0 Å². The maximum Gasteiger partial charge on any atom is 0.321 e. The number of rotatable bonds is 2. The second-order valence-electron chi connectivity index (χ2n) is 4.72. The lowest BCUT2D eigenvalue weighted by molar-refractivity contribution is 0.177. The van der Waals surface area contributed by atoms with E-state index in [1.54, 1.807) is 6.20 Å². The van der Waals surface area contributed by atoms with Crippen LogP contribution in [0.15, 0.2) is 12.3 Å². The Morgan fingerprint density at radius 1 is 1.40 bits per heavy atom. The molecule has 0 aromatic rings. The summed E-state index contributed by atoms with van der Waals surface area (Å²) in [5.74, 6) is 1.24. The molecule has 1 N–H and O–H groups in total. The van der Waals surface area contributed by atoms with E-state index in [4.69, 9.17) is 0 Å². The molecule has 0 bridgehead atoms. The summed E-state index contributed by atoms with van der Waals surface area (Å²) in [5, 5.41) is 2.80. The summed E-state index contributed by atoms with van der Waals surface area (Å²) in [5.41, 5.74) is 0. The molecule has 1 aliphatic heterocycles. The van der Waals surface area contributed by atoms with E-state index in [1.165, 1.54) is 0 Å². The Kier molecular flexibility index (Phi) is 4.66. The molecule has 15 heavy (non-hydrogen) atoms. The standard InChI is InChI=1S/C12H22N2O/c1-10(2)4-7-13-12(15)14-8-5-11(3)6-9-14/h4,7,10-11H,5-6,8-9H2,1-3H3,(H,13,15)/b7-4+. The number of nitrogens with zero attached hydrogens (tertiary/aromatic N) is 1. The van der Waals surface area contributed by atoms with Crippen LogP contribution < -0.4 is 5.32 Å². The van der Waals surface area contributed by atoms with Gasteiger partial charge in [0.1, 0.15) is 0 Å². The van der Waals surface area contributed by atoms with E-state index < -0.39 is 0 Å². The van der Waals surface area contributed by atoms with E-state index in [9.17, 15) is 4.79 Å². The zero-order chi connectivity index (χ0) is 11.3. The third kappa shape index (κ3) is 4.36. The first-order valence-electron chi connectivity index (χ1n) is 5.81. The maximum atomic E-state index is 11.6. The summed E-state index contributed by atoms with van der Waals surface area (Å²) in [7, 11) is 0. The molecule has 0 aliphatic carbocycles. The van der Waals surface area contributed by atoms with E-state index in [0.717, 1.165) is 31.8 Å². The number of carbonyl (C=O) groups is 1. The first-order valence-corrected chi connectivity index (χ1v) is 5.81. The molecular formula is C12H22N2O. The number of carbonyl (C=O) groups excluding carboxylic acids is 1. The van der Waals surface area contributed by atoms with Crippen molar-refractivity contribution in [2.24, 2.45) is 11.8 Å². The number of urea groups is 1. The van der Waals surface area contributed by atoms with Crippen molar-refractivity contribution < 1.29 is 4.79 Å². The number of amides is 2. The fourth-order valence-corrected chi connectivity index (χ4v) is 1.61. The van der Waals surface area contributed by atoms with Gasteiger partial charge in [-0.2, -0.15) is 0 Å². The highest BCUT2D eigenvalue weighted by atomic mass is 16.2. The molecule has 1 heterocycles. The zero-order valence-electron chi connectivity index (χ0n) is 9.99. The Bertz CT molecular complexity index is 228. The third-order valence-electron chi connectivity index (χ3n) is 2.76. The summed E-state index contributed by atoms with van der Waals surface area (Å²) in [6.45, 7) is 8.20. The molecule has 3 nitrogen and oxygen atoms in total. The van der Waals surface area contributed by atoms with Crippen molar-refractivity contribution in [2.45, 2.75) is 33.6 Å². The number of allylic oxidation sites excluding steroid dienone is 1. The van der Waals surface area contributed by atoms with E-state index in [2.05, 4.69) is 26.1 Å². The van der Waals surface area contributed by atoms with Crippen molar-refractivity contribution in [3.8, 4) is 0 Å². The minimum atomic E-state index is 0.0406. The predicted octanol–water partition coefficient (Wildman–Crippen LogP) is 2.60. The smallest absolute Gasteiger partial charge is 0.321 e. The third-order valence-corrected chi connectivity index (χ3v) is 2.76. The van der Waals surface area contributed by atoms with Gasteiger partial charge >= 0.3 is 6.03 Å². The van der Waals surface area contributed by atoms with Gasteiger partial charge in [0, 0.05) is 19.3 Å². The average molecular weight is 210 g/mol. The van der Waals surface area contributed by atoms with Crippen LogP contribution >= 0.6 is 0 Å². The summed E-state index contributed by atoms with van der Waals surface area (Å²) < 4.78 is 0. The topological polar surface area (TPSA) is 32.3 Å². The molecule has 0 unspecified atom stereocenters. The molecule has 0 atom stereocenters. The number of hydrogen-bond donors (Lipinski definition) is 1. The fraction of sp³-hybridized carbons (Fsp3) is 0.750. The van der Waals surface area contributed by atoms with Gasteiger partial charge in [-0.25, -0.2) is 4.79 Å². The molecule has 0 radical (unpaired) electrons. The molecule has 0 saturated carbocycles. The predicted molar refractivity (Wildman–Crippen MR) is 62.5 cm³/mol. The molecular weight excluding hydrogens is 188 g/mol. The molecule has 1 aliphatic rings. The van der Waals surface area contributed by atoms with Crippen LogP contribution in [0.25, 0.3) is 0 Å². The summed E-state index contributed by atoms with van der Waals surface area (Å²) in [4.78, 5) is 13.5. The first kappa shape index (κ1) is 12.1. The van der Waals surface area contributed by atoms with Gasteiger partial charge in [0.05, 0.1) is 0 Å². The Morgan fingerprint density at radius 2 is 2.00 bits per heavy atom. The van der Waals surface area contributed by atoms with Gasteiger partial charge in [-0.3, -0.25) is 0 Å². The average Bonchev–Trinajstić information content (AvgIpc) is 2.18. The van der Waals surface area contributed by atoms with Crippen LogP contribution in [0.1, 0.15) is 33.6 Å². The maximum absolute atomic E-state index is 11.6. The van der Waals surface area contributed by atoms with Gasteiger partial charge in [-0.1, -0.05) is 26.8 Å². The van der Waals surface area contributed by atoms with Crippen LogP contribution in [0.5, 0.6) is 0 Å². The van der Waals surface area contributed by atoms with Crippen molar-refractivity contribution in [1.82, 2.24) is 10.2 Å². The number of hydrogen-bond acceptors (Lipinski definition) is 1. The van der Waals surface area contributed by atoms with Crippen LogP contribution in [0.2, 0.25) is 0 Å². The van der Waals surface area contributed by atoms with E-state index in [1.807, 2.05) is 11.0 Å². The highest BCUT2D eigenvalue weighted by Gasteiger charge is 2.19. The van der Waals surface area contributed by atoms with E-state index in [0.29, 0.717) is 5.92 Å². The molecule has 1 rings (SSSR count). The lowest BCUT2D eigenvalue weighted by Gasteiger charge is -2.29. The van der Waals surface area contributed by atoms with E-state index in [-0.39, 0.29) is 6.03 Å². The second kappa shape index (κ2) is 5.79. The SMILES string of the molecule is CC(C)/C=C/NC(=O)N1CCC(C)CC1. The minimum absolute atomic E-state index is 0.0406. The van der Waals surface area contributed by atoms with Crippen molar-refractivity contribution in [3.05, 3.63) is 12.3 Å². The van der Waals surface area contributed by atoms with Crippen LogP contribution in [-0.2, 0) is 0 Å².